The van der Waals surface area contributed by atoms with E-state index in [0.29, 0.717) is 36.1 Å². The van der Waals surface area contributed by atoms with Gasteiger partial charge in [-0.25, -0.2) is 4.52 Å². The number of methoxy groups -OCH3 is 1. The van der Waals surface area contributed by atoms with Crippen LogP contribution in [-0.2, 0) is 0 Å². The summed E-state index contributed by atoms with van der Waals surface area (Å²) in [6.07, 6.45) is 4.68. The van der Waals surface area contributed by atoms with E-state index >= 15 is 0 Å². The lowest BCUT2D eigenvalue weighted by molar-refractivity contribution is 0.102. The van der Waals surface area contributed by atoms with Crippen molar-refractivity contribution < 1.29 is 14.3 Å². The van der Waals surface area contributed by atoms with Gasteiger partial charge in [0.05, 0.1) is 13.3 Å². The minimum Gasteiger partial charge on any atom is -0.494 e. The van der Waals surface area contributed by atoms with Gasteiger partial charge in [-0.05, 0) is 7.05 Å². The number of ether oxygens (including phenoxy) is 2. The van der Waals surface area contributed by atoms with Crippen LogP contribution in [0.3, 0.4) is 0 Å². The van der Waals surface area contributed by atoms with Crippen molar-refractivity contribution in [1.82, 2.24) is 24.9 Å². The number of pyridine rings is 1. The highest BCUT2D eigenvalue weighted by Gasteiger charge is 2.21. The van der Waals surface area contributed by atoms with Crippen LogP contribution in [0.5, 0.6) is 11.6 Å². The van der Waals surface area contributed by atoms with E-state index in [0.717, 1.165) is 0 Å². The Bertz CT molecular complexity index is 925. The van der Waals surface area contributed by atoms with Gasteiger partial charge in [0, 0.05) is 31.1 Å². The fourth-order valence-corrected chi connectivity index (χ4v) is 2.32. The lowest BCUT2D eigenvalue weighted by atomic mass is 10.2. The number of hydrogen-bond donors (Lipinski definition) is 3. The number of nitrogens with zero attached hydrogens (tertiary/aromatic N) is 4. The van der Waals surface area contributed by atoms with Crippen molar-refractivity contribution >= 4 is 23.1 Å². The van der Waals surface area contributed by atoms with Crippen LogP contribution in [-0.4, -0.2) is 52.8 Å². The van der Waals surface area contributed by atoms with Crippen molar-refractivity contribution in [3.05, 3.63) is 36.3 Å². The fraction of sp³-hybridized carbons (Fsp3) is 0.250. The highest BCUT2D eigenvalue weighted by Crippen LogP contribution is 2.25. The van der Waals surface area contributed by atoms with Crippen molar-refractivity contribution in [3.63, 3.8) is 0 Å². The minimum absolute atomic E-state index is 0.0604. The van der Waals surface area contributed by atoms with Crippen molar-refractivity contribution in [3.8, 4) is 11.6 Å². The zero-order valence-electron chi connectivity index (χ0n) is 14.4. The van der Waals surface area contributed by atoms with Crippen molar-refractivity contribution in [2.24, 2.45) is 0 Å². The molecule has 4 N–H and O–H groups in total. The number of fused-ring (bicyclic) bond motifs is 1. The first-order valence-electron chi connectivity index (χ1n) is 7.85. The van der Waals surface area contributed by atoms with Gasteiger partial charge in [-0.3, -0.25) is 9.78 Å². The molecule has 0 atom stereocenters. The molecule has 0 saturated heterocycles. The predicted molar refractivity (Wildman–Crippen MR) is 95.6 cm³/mol. The van der Waals surface area contributed by atoms with Crippen molar-refractivity contribution in [1.29, 1.82) is 0 Å². The maximum atomic E-state index is 12.7. The Morgan fingerprint density at radius 1 is 1.38 bits per heavy atom. The molecule has 3 heterocycles. The summed E-state index contributed by atoms with van der Waals surface area (Å²) in [5.41, 5.74) is 6.78. The smallest absolute Gasteiger partial charge is 0.263 e. The second-order valence-electron chi connectivity index (χ2n) is 5.28. The lowest BCUT2D eigenvalue weighted by Crippen LogP contribution is -2.17. The molecule has 3 aromatic heterocycles. The summed E-state index contributed by atoms with van der Waals surface area (Å²) in [6, 6.07) is 3.29. The molecule has 0 spiro atoms. The molecular weight excluding hydrogens is 338 g/mol. The van der Waals surface area contributed by atoms with E-state index in [9.17, 15) is 4.79 Å². The molecule has 10 heteroatoms. The molecule has 0 unspecified atom stereocenters. The fourth-order valence-electron chi connectivity index (χ4n) is 2.32. The zero-order valence-corrected chi connectivity index (χ0v) is 14.4. The van der Waals surface area contributed by atoms with E-state index in [1.807, 2.05) is 7.05 Å². The number of hydrogen-bond acceptors (Lipinski definition) is 8. The molecule has 3 aromatic rings. The Kier molecular flexibility index (Phi) is 5.13. The summed E-state index contributed by atoms with van der Waals surface area (Å²) < 4.78 is 12.2. The topological polar surface area (TPSA) is 129 Å². The normalized spacial score (nSPS) is 10.7. The van der Waals surface area contributed by atoms with E-state index in [2.05, 4.69) is 25.7 Å². The van der Waals surface area contributed by atoms with Crippen LogP contribution in [0, 0.1) is 0 Å². The van der Waals surface area contributed by atoms with Crippen LogP contribution < -0.4 is 25.8 Å². The number of nitrogens with one attached hydrogen (secondary N) is 2. The first kappa shape index (κ1) is 17.4. The molecule has 0 radical (unpaired) electrons. The number of nitrogens with two attached hydrogens (primary N) is 1. The SMILES string of the molecule is CNCCOc1ccn2nc(N)c(C(=O)Nc3cnccc3OC)c2n1. The molecule has 1 amide bonds. The second kappa shape index (κ2) is 7.66. The number of likely N-dealkylation sites (N-methyl/N-ethyl adjacent to an activating group) is 1. The third-order valence-electron chi connectivity index (χ3n) is 3.56. The van der Waals surface area contributed by atoms with Gasteiger partial charge in [0.15, 0.2) is 11.5 Å². The third-order valence-corrected chi connectivity index (χ3v) is 3.56. The summed E-state index contributed by atoms with van der Waals surface area (Å²) in [5, 5.41) is 9.81. The number of amides is 1. The van der Waals surface area contributed by atoms with Crippen LogP contribution >= 0.6 is 0 Å². The van der Waals surface area contributed by atoms with E-state index in [-0.39, 0.29) is 11.4 Å². The molecule has 0 aliphatic carbocycles. The van der Waals surface area contributed by atoms with Gasteiger partial charge >= 0.3 is 0 Å². The Hall–Kier alpha value is -3.40. The first-order valence-corrected chi connectivity index (χ1v) is 7.85. The van der Waals surface area contributed by atoms with Gasteiger partial charge in [-0.15, -0.1) is 5.10 Å². The monoisotopic (exact) mass is 357 g/mol. The molecule has 0 bridgehead atoms. The number of rotatable bonds is 7. The predicted octanol–water partition coefficient (Wildman–Crippen LogP) is 0.566. The average molecular weight is 357 g/mol. The van der Waals surface area contributed by atoms with E-state index < -0.39 is 5.91 Å². The maximum absolute atomic E-state index is 12.7. The van der Waals surface area contributed by atoms with Gasteiger partial charge in [0.1, 0.15) is 23.6 Å². The second-order valence-corrected chi connectivity index (χ2v) is 5.28. The van der Waals surface area contributed by atoms with E-state index in [1.165, 1.54) is 17.8 Å². The number of carbonyl (C=O) groups excluding carboxylic acids is 1. The minimum atomic E-state index is -0.469. The molecule has 0 fully saturated rings. The van der Waals surface area contributed by atoms with Gasteiger partial charge in [-0.1, -0.05) is 0 Å². The van der Waals surface area contributed by atoms with Crippen molar-refractivity contribution in [2.75, 3.05) is 38.4 Å². The van der Waals surface area contributed by atoms with Gasteiger partial charge in [0.25, 0.3) is 5.91 Å². The maximum Gasteiger partial charge on any atom is 0.263 e. The summed E-state index contributed by atoms with van der Waals surface area (Å²) in [7, 11) is 3.33. The molecule has 10 nitrogen and oxygen atoms in total. The highest BCUT2D eigenvalue weighted by atomic mass is 16.5. The lowest BCUT2D eigenvalue weighted by Gasteiger charge is -2.09. The standard InChI is InChI=1S/C16H19N7O3/c1-18-6-8-26-12-4-7-23-15(21-12)13(14(17)22-23)16(24)20-10-9-19-5-3-11(10)25-2/h3-5,7,9,18H,6,8H2,1-2H3,(H2,17,22)(H,20,24). The van der Waals surface area contributed by atoms with Gasteiger partial charge < -0.3 is 25.8 Å². The Labute approximate surface area is 149 Å². The molecule has 26 heavy (non-hydrogen) atoms. The molecule has 3 rings (SSSR count). The molecule has 136 valence electrons. The number of aromatic nitrogens is 4. The van der Waals surface area contributed by atoms with Crippen LogP contribution in [0.25, 0.3) is 5.65 Å². The van der Waals surface area contributed by atoms with Crippen LogP contribution in [0.15, 0.2) is 30.7 Å². The Balaban J connectivity index is 1.91. The van der Waals surface area contributed by atoms with Gasteiger partial charge in [0.2, 0.25) is 5.88 Å². The van der Waals surface area contributed by atoms with E-state index in [1.54, 1.807) is 24.5 Å². The quantitative estimate of drug-likeness (QED) is 0.523. The number of carbonyl (C=O) groups is 1. The third kappa shape index (κ3) is 3.49. The van der Waals surface area contributed by atoms with Gasteiger partial charge in [-0.2, -0.15) is 4.98 Å². The molecule has 0 saturated carbocycles. The molecule has 0 aliphatic heterocycles. The summed E-state index contributed by atoms with van der Waals surface area (Å²) >= 11 is 0. The Morgan fingerprint density at radius 2 is 2.23 bits per heavy atom. The largest absolute Gasteiger partial charge is 0.494 e. The molecular formula is C16H19N7O3. The summed E-state index contributed by atoms with van der Waals surface area (Å²) in [4.78, 5) is 21.0. The number of anilines is 2. The van der Waals surface area contributed by atoms with E-state index in [4.69, 9.17) is 15.2 Å². The molecule has 0 aliphatic rings. The van der Waals surface area contributed by atoms with Crippen molar-refractivity contribution in [2.45, 2.75) is 0 Å². The Morgan fingerprint density at radius 3 is 3.00 bits per heavy atom. The summed E-state index contributed by atoms with van der Waals surface area (Å²) in [5.74, 6) is 0.446. The van der Waals surface area contributed by atoms with Crippen LogP contribution in [0.2, 0.25) is 0 Å². The van der Waals surface area contributed by atoms with Crippen LogP contribution in [0.4, 0.5) is 11.5 Å². The average Bonchev–Trinajstić information content (AvgIpc) is 2.97. The van der Waals surface area contributed by atoms with Crippen LogP contribution in [0.1, 0.15) is 10.4 Å². The first-order chi connectivity index (χ1) is 12.6. The highest BCUT2D eigenvalue weighted by molar-refractivity contribution is 6.12. The number of nitrogen functional groups attached to an aromatic ring is 1. The molecule has 0 aromatic carbocycles. The summed E-state index contributed by atoms with van der Waals surface area (Å²) in [6.45, 7) is 1.11. The zero-order chi connectivity index (χ0) is 18.5.